The largest absolute Gasteiger partial charge is 0.314 e. The molecule has 1 aromatic heterocycles. The number of hydrogen-bond donors (Lipinski definition) is 1. The van der Waals surface area contributed by atoms with Gasteiger partial charge in [0.05, 0.1) is 0 Å². The number of nitrogens with one attached hydrogen (secondary N) is 1. The van der Waals surface area contributed by atoms with Gasteiger partial charge in [-0.2, -0.15) is 0 Å². The highest BCUT2D eigenvalue weighted by atomic mass is 19.1. The first-order chi connectivity index (χ1) is 9.28. The van der Waals surface area contributed by atoms with Crippen molar-refractivity contribution in [1.29, 1.82) is 0 Å². The fraction of sp³-hybridized carbons (Fsp3) is 0.312. The normalized spacial score (nSPS) is 12.3. The second-order valence-electron chi connectivity index (χ2n) is 4.65. The van der Waals surface area contributed by atoms with Crippen LogP contribution in [0.15, 0.2) is 48.8 Å². The molecule has 1 heterocycles. The number of benzene rings is 1. The van der Waals surface area contributed by atoms with E-state index in [-0.39, 0.29) is 5.82 Å². The molecule has 0 aliphatic rings. The van der Waals surface area contributed by atoms with E-state index in [2.05, 4.69) is 23.3 Å². The van der Waals surface area contributed by atoms with Crippen molar-refractivity contribution in [3.8, 4) is 0 Å². The molecule has 0 aliphatic carbocycles. The molecule has 0 bridgehead atoms. The Balaban J connectivity index is 2.01. The van der Waals surface area contributed by atoms with Crippen LogP contribution in [0, 0.1) is 5.82 Å². The van der Waals surface area contributed by atoms with E-state index in [1.165, 1.54) is 17.7 Å². The maximum Gasteiger partial charge on any atom is 0.123 e. The van der Waals surface area contributed by atoms with E-state index >= 15 is 0 Å². The maximum atomic E-state index is 12.9. The van der Waals surface area contributed by atoms with Gasteiger partial charge in [0.15, 0.2) is 0 Å². The number of halogens is 1. The van der Waals surface area contributed by atoms with E-state index in [9.17, 15) is 4.39 Å². The predicted molar refractivity (Wildman–Crippen MR) is 75.5 cm³/mol. The summed E-state index contributed by atoms with van der Waals surface area (Å²) in [5.74, 6) is -0.184. The van der Waals surface area contributed by atoms with Gasteiger partial charge in [0.2, 0.25) is 0 Å². The Hall–Kier alpha value is -1.74. The summed E-state index contributed by atoms with van der Waals surface area (Å²) < 4.78 is 12.9. The Morgan fingerprint density at radius 2 is 1.84 bits per heavy atom. The van der Waals surface area contributed by atoms with Crippen molar-refractivity contribution >= 4 is 0 Å². The van der Waals surface area contributed by atoms with Gasteiger partial charge in [-0.05, 0) is 48.7 Å². The molecular weight excluding hydrogens is 239 g/mol. The number of nitrogens with zero attached hydrogens (tertiary/aromatic N) is 1. The van der Waals surface area contributed by atoms with E-state index < -0.39 is 0 Å². The highest BCUT2D eigenvalue weighted by Gasteiger charge is 2.09. The molecule has 0 fully saturated rings. The molecule has 100 valence electrons. The Morgan fingerprint density at radius 1 is 1.11 bits per heavy atom. The molecule has 0 radical (unpaired) electrons. The van der Waals surface area contributed by atoms with Gasteiger partial charge in [-0.15, -0.1) is 0 Å². The van der Waals surface area contributed by atoms with Gasteiger partial charge in [0.1, 0.15) is 5.82 Å². The average molecular weight is 258 g/mol. The zero-order valence-electron chi connectivity index (χ0n) is 11.1. The summed E-state index contributed by atoms with van der Waals surface area (Å²) in [6.45, 7) is 3.02. The molecule has 2 nitrogen and oxygen atoms in total. The monoisotopic (exact) mass is 258 g/mol. The van der Waals surface area contributed by atoms with Crippen molar-refractivity contribution in [2.75, 3.05) is 6.54 Å². The Bertz CT molecular complexity index is 482. The molecule has 0 spiro atoms. The molecule has 0 saturated heterocycles. The molecule has 1 unspecified atom stereocenters. The van der Waals surface area contributed by atoms with Crippen LogP contribution in [0.1, 0.15) is 18.1 Å². The molecule has 1 N–H and O–H groups in total. The number of likely N-dealkylation sites (N-methyl/N-ethyl adjacent to an activating group) is 1. The van der Waals surface area contributed by atoms with Gasteiger partial charge < -0.3 is 5.32 Å². The van der Waals surface area contributed by atoms with Crippen molar-refractivity contribution in [2.45, 2.75) is 25.8 Å². The summed E-state index contributed by atoms with van der Waals surface area (Å²) in [6.07, 6.45) is 5.50. The van der Waals surface area contributed by atoms with Gasteiger partial charge in [-0.25, -0.2) is 4.39 Å². The van der Waals surface area contributed by atoms with Gasteiger partial charge in [0.25, 0.3) is 0 Å². The molecule has 2 aromatic rings. The first-order valence-electron chi connectivity index (χ1n) is 6.64. The third kappa shape index (κ3) is 4.45. The summed E-state index contributed by atoms with van der Waals surface area (Å²) in [4.78, 5) is 4.14. The minimum Gasteiger partial charge on any atom is -0.314 e. The molecule has 0 amide bonds. The van der Waals surface area contributed by atoms with Crippen LogP contribution >= 0.6 is 0 Å². The quantitative estimate of drug-likeness (QED) is 0.861. The smallest absolute Gasteiger partial charge is 0.123 e. The zero-order valence-corrected chi connectivity index (χ0v) is 11.1. The molecule has 3 heteroatoms. The van der Waals surface area contributed by atoms with Crippen LogP contribution in [0.5, 0.6) is 0 Å². The second kappa shape index (κ2) is 7.00. The van der Waals surface area contributed by atoms with Crippen LogP contribution in [0.3, 0.4) is 0 Å². The van der Waals surface area contributed by atoms with Crippen molar-refractivity contribution in [3.63, 3.8) is 0 Å². The number of aromatic nitrogens is 1. The highest BCUT2D eigenvalue weighted by Crippen LogP contribution is 2.09. The summed E-state index contributed by atoms with van der Waals surface area (Å²) in [6, 6.07) is 11.1. The first-order valence-corrected chi connectivity index (χ1v) is 6.64. The van der Waals surface area contributed by atoms with Crippen LogP contribution in [-0.2, 0) is 12.8 Å². The summed E-state index contributed by atoms with van der Waals surface area (Å²) in [7, 11) is 0. The molecule has 0 aliphatic heterocycles. The molecule has 1 atom stereocenters. The van der Waals surface area contributed by atoms with Gasteiger partial charge in [-0.1, -0.05) is 25.1 Å². The van der Waals surface area contributed by atoms with Crippen LogP contribution in [0.25, 0.3) is 0 Å². The van der Waals surface area contributed by atoms with E-state index in [4.69, 9.17) is 0 Å². The van der Waals surface area contributed by atoms with Crippen LogP contribution in [0.2, 0.25) is 0 Å². The fourth-order valence-electron chi connectivity index (χ4n) is 2.21. The Labute approximate surface area is 113 Å². The molecule has 2 rings (SSSR count). The first kappa shape index (κ1) is 13.7. The maximum absolute atomic E-state index is 12.9. The lowest BCUT2D eigenvalue weighted by molar-refractivity contribution is 0.520. The molecule has 19 heavy (non-hydrogen) atoms. The van der Waals surface area contributed by atoms with Crippen LogP contribution in [-0.4, -0.2) is 17.6 Å². The van der Waals surface area contributed by atoms with Crippen LogP contribution in [0.4, 0.5) is 4.39 Å². The lowest BCUT2D eigenvalue weighted by Crippen LogP contribution is -2.33. The topological polar surface area (TPSA) is 24.9 Å². The minimum absolute atomic E-state index is 0.184. The van der Waals surface area contributed by atoms with E-state index in [1.54, 1.807) is 6.20 Å². The molecular formula is C16H19FN2. The fourth-order valence-corrected chi connectivity index (χ4v) is 2.21. The number of pyridine rings is 1. The lowest BCUT2D eigenvalue weighted by atomic mass is 10.00. The summed E-state index contributed by atoms with van der Waals surface area (Å²) in [5.41, 5.74) is 2.37. The van der Waals surface area contributed by atoms with E-state index in [0.29, 0.717) is 6.04 Å². The molecule has 0 saturated carbocycles. The van der Waals surface area contributed by atoms with E-state index in [0.717, 1.165) is 24.9 Å². The minimum atomic E-state index is -0.184. The summed E-state index contributed by atoms with van der Waals surface area (Å²) in [5, 5.41) is 3.47. The highest BCUT2D eigenvalue weighted by molar-refractivity contribution is 5.18. The van der Waals surface area contributed by atoms with Crippen molar-refractivity contribution < 1.29 is 4.39 Å². The van der Waals surface area contributed by atoms with Crippen molar-refractivity contribution in [2.24, 2.45) is 0 Å². The predicted octanol–water partition coefficient (Wildman–Crippen LogP) is 2.98. The Kier molecular flexibility index (Phi) is 5.04. The number of hydrogen-bond acceptors (Lipinski definition) is 2. The lowest BCUT2D eigenvalue weighted by Gasteiger charge is -2.18. The second-order valence-corrected chi connectivity index (χ2v) is 4.65. The molecule has 1 aromatic carbocycles. The SMILES string of the molecule is CCNC(Cc1ccc(F)cc1)Cc1cccnc1. The summed E-state index contributed by atoms with van der Waals surface area (Å²) >= 11 is 0. The van der Waals surface area contributed by atoms with Gasteiger partial charge >= 0.3 is 0 Å². The number of rotatable bonds is 6. The van der Waals surface area contributed by atoms with Gasteiger partial charge in [-0.3, -0.25) is 4.98 Å². The average Bonchev–Trinajstić information content (AvgIpc) is 2.43. The van der Waals surface area contributed by atoms with Crippen molar-refractivity contribution in [3.05, 3.63) is 65.7 Å². The van der Waals surface area contributed by atoms with Gasteiger partial charge in [0, 0.05) is 18.4 Å². The van der Waals surface area contributed by atoms with E-state index in [1.807, 2.05) is 24.4 Å². The Morgan fingerprint density at radius 3 is 2.47 bits per heavy atom. The van der Waals surface area contributed by atoms with Crippen LogP contribution < -0.4 is 5.32 Å². The third-order valence-corrected chi connectivity index (χ3v) is 3.09. The zero-order chi connectivity index (χ0) is 13.5. The van der Waals surface area contributed by atoms with Crippen molar-refractivity contribution in [1.82, 2.24) is 10.3 Å². The standard InChI is InChI=1S/C16H19FN2/c1-2-19-16(11-14-4-3-9-18-12-14)10-13-5-7-15(17)8-6-13/h3-9,12,16,19H,2,10-11H2,1H3. The third-order valence-electron chi connectivity index (χ3n) is 3.09.